The fourth-order valence-corrected chi connectivity index (χ4v) is 2.54. The lowest BCUT2D eigenvalue weighted by Gasteiger charge is -2.11. The van der Waals surface area contributed by atoms with E-state index in [0.29, 0.717) is 23.5 Å². The molecule has 4 nitrogen and oxygen atoms in total. The van der Waals surface area contributed by atoms with E-state index in [1.165, 1.54) is 12.1 Å². The van der Waals surface area contributed by atoms with E-state index in [-0.39, 0.29) is 5.84 Å². The number of benzene rings is 2. The number of nitrogen functional groups attached to an aromatic ring is 1. The lowest BCUT2D eigenvalue weighted by atomic mass is 10.1. The largest absolute Gasteiger partial charge is 0.416 e. The number of rotatable bonds is 4. The smallest absolute Gasteiger partial charge is 0.384 e. The van der Waals surface area contributed by atoms with Crippen LogP contribution >= 0.6 is 0 Å². The first kappa shape index (κ1) is 16.8. The maximum absolute atomic E-state index is 12.7. The highest BCUT2D eigenvalue weighted by molar-refractivity contribution is 5.95. The van der Waals surface area contributed by atoms with E-state index < -0.39 is 11.7 Å². The zero-order chi connectivity index (χ0) is 18.0. The molecule has 0 amide bonds. The first-order chi connectivity index (χ1) is 11.8. The minimum Gasteiger partial charge on any atom is -0.384 e. The van der Waals surface area contributed by atoms with Gasteiger partial charge in [-0.3, -0.25) is 5.41 Å². The number of nitrogens with two attached hydrogens (primary N) is 1. The van der Waals surface area contributed by atoms with Gasteiger partial charge in [-0.05, 0) is 23.8 Å². The van der Waals surface area contributed by atoms with Crippen LogP contribution < -0.4 is 5.73 Å². The highest BCUT2D eigenvalue weighted by atomic mass is 19.4. The molecule has 3 N–H and O–H groups in total. The second-order valence-electron chi connectivity index (χ2n) is 5.57. The molecule has 128 valence electrons. The number of hydrogen-bond donors (Lipinski definition) is 2. The summed E-state index contributed by atoms with van der Waals surface area (Å²) in [6.45, 7) is 0.470. The molecule has 3 aromatic rings. The second-order valence-corrected chi connectivity index (χ2v) is 5.57. The van der Waals surface area contributed by atoms with Crippen LogP contribution in [0.25, 0.3) is 11.4 Å². The van der Waals surface area contributed by atoms with Gasteiger partial charge in [0.2, 0.25) is 0 Å². The van der Waals surface area contributed by atoms with Gasteiger partial charge in [-0.15, -0.1) is 0 Å². The molecular weight excluding hydrogens is 329 g/mol. The van der Waals surface area contributed by atoms with Crippen LogP contribution in [-0.4, -0.2) is 15.4 Å². The van der Waals surface area contributed by atoms with Gasteiger partial charge in [0.1, 0.15) is 11.7 Å². The van der Waals surface area contributed by atoms with Crippen LogP contribution in [0.15, 0.2) is 60.9 Å². The first-order valence-corrected chi connectivity index (χ1v) is 7.47. The fourth-order valence-electron chi connectivity index (χ4n) is 2.54. The van der Waals surface area contributed by atoms with E-state index in [0.717, 1.165) is 17.7 Å². The van der Waals surface area contributed by atoms with Crippen LogP contribution in [0.5, 0.6) is 0 Å². The second kappa shape index (κ2) is 6.43. The zero-order valence-electron chi connectivity index (χ0n) is 13.1. The third-order valence-corrected chi connectivity index (χ3v) is 3.78. The third-order valence-electron chi connectivity index (χ3n) is 3.78. The number of halogens is 3. The summed E-state index contributed by atoms with van der Waals surface area (Å²) in [4.78, 5) is 4.25. The van der Waals surface area contributed by atoms with Gasteiger partial charge >= 0.3 is 6.18 Å². The van der Waals surface area contributed by atoms with Gasteiger partial charge in [-0.1, -0.05) is 30.3 Å². The van der Waals surface area contributed by atoms with Gasteiger partial charge < -0.3 is 10.3 Å². The summed E-state index contributed by atoms with van der Waals surface area (Å²) in [5.41, 5.74) is 6.94. The average molecular weight is 344 g/mol. The Balaban J connectivity index is 1.88. The summed E-state index contributed by atoms with van der Waals surface area (Å²) in [7, 11) is 0. The summed E-state index contributed by atoms with van der Waals surface area (Å²) in [5.74, 6) is 0.553. The Hall–Kier alpha value is -3.09. The van der Waals surface area contributed by atoms with Gasteiger partial charge in [0, 0.05) is 30.1 Å². The first-order valence-electron chi connectivity index (χ1n) is 7.47. The number of aromatic nitrogens is 2. The molecule has 3 rings (SSSR count). The summed E-state index contributed by atoms with van der Waals surface area (Å²) in [5, 5.41) is 7.50. The molecule has 0 aliphatic rings. The Morgan fingerprint density at radius 1 is 1.12 bits per heavy atom. The van der Waals surface area contributed by atoms with Gasteiger partial charge in [0.05, 0.1) is 5.56 Å². The van der Waals surface area contributed by atoms with E-state index in [4.69, 9.17) is 11.1 Å². The summed E-state index contributed by atoms with van der Waals surface area (Å²) < 4.78 is 39.9. The predicted octanol–water partition coefficient (Wildman–Crippen LogP) is 3.90. The highest BCUT2D eigenvalue weighted by Crippen LogP contribution is 2.30. The zero-order valence-corrected chi connectivity index (χ0v) is 13.1. The standard InChI is InChI=1S/C18H15F3N4/c19-18(20,21)15-6-4-13(5-7-15)17-24-8-9-25(17)11-12-2-1-3-14(10-12)16(22)23/h1-10H,11H2,(H3,22,23). The quantitative estimate of drug-likeness (QED) is 0.557. The topological polar surface area (TPSA) is 67.7 Å². The molecule has 0 saturated carbocycles. The van der Waals surface area contributed by atoms with Crippen LogP contribution in [0, 0.1) is 5.41 Å². The third kappa shape index (κ3) is 3.71. The highest BCUT2D eigenvalue weighted by Gasteiger charge is 2.30. The SMILES string of the molecule is N=C(N)c1cccc(Cn2ccnc2-c2ccc(C(F)(F)F)cc2)c1. The Bertz CT molecular complexity index is 895. The maximum Gasteiger partial charge on any atom is 0.416 e. The van der Waals surface area contributed by atoms with Crippen LogP contribution in [0.4, 0.5) is 13.2 Å². The Morgan fingerprint density at radius 3 is 2.48 bits per heavy atom. The predicted molar refractivity (Wildman–Crippen MR) is 89.2 cm³/mol. The van der Waals surface area contributed by atoms with Gasteiger partial charge in [-0.2, -0.15) is 13.2 Å². The van der Waals surface area contributed by atoms with E-state index >= 15 is 0 Å². The number of alkyl halides is 3. The molecule has 0 spiro atoms. The molecule has 0 aliphatic carbocycles. The van der Waals surface area contributed by atoms with Crippen LogP contribution in [0.3, 0.4) is 0 Å². The van der Waals surface area contributed by atoms with Crippen LogP contribution in [0.1, 0.15) is 16.7 Å². The van der Waals surface area contributed by atoms with Crippen molar-refractivity contribution in [2.75, 3.05) is 0 Å². The van der Waals surface area contributed by atoms with Crippen molar-refractivity contribution in [3.05, 3.63) is 77.6 Å². The molecule has 0 fully saturated rings. The molecule has 0 bridgehead atoms. The molecule has 0 atom stereocenters. The molecule has 2 aromatic carbocycles. The van der Waals surface area contributed by atoms with Crippen molar-refractivity contribution in [1.29, 1.82) is 5.41 Å². The fraction of sp³-hybridized carbons (Fsp3) is 0.111. The Kier molecular flexibility index (Phi) is 4.31. The molecule has 0 radical (unpaired) electrons. The lowest BCUT2D eigenvalue weighted by Crippen LogP contribution is -2.11. The van der Waals surface area contributed by atoms with Crippen molar-refractivity contribution in [3.63, 3.8) is 0 Å². The summed E-state index contributed by atoms with van der Waals surface area (Å²) >= 11 is 0. The van der Waals surface area contributed by atoms with Crippen LogP contribution in [-0.2, 0) is 12.7 Å². The van der Waals surface area contributed by atoms with Crippen molar-refractivity contribution in [1.82, 2.24) is 9.55 Å². The van der Waals surface area contributed by atoms with Gasteiger partial charge in [-0.25, -0.2) is 4.98 Å². The summed E-state index contributed by atoms with van der Waals surface area (Å²) in [6, 6.07) is 12.2. The van der Waals surface area contributed by atoms with E-state index in [1.807, 2.05) is 10.6 Å². The number of imidazole rings is 1. The van der Waals surface area contributed by atoms with Crippen molar-refractivity contribution in [2.24, 2.45) is 5.73 Å². The molecule has 0 aliphatic heterocycles. The molecule has 0 unspecified atom stereocenters. The Morgan fingerprint density at radius 2 is 1.84 bits per heavy atom. The number of nitrogens with one attached hydrogen (secondary N) is 1. The van der Waals surface area contributed by atoms with E-state index in [2.05, 4.69) is 4.98 Å². The molecule has 7 heteroatoms. The number of amidine groups is 1. The molecular formula is C18H15F3N4. The van der Waals surface area contributed by atoms with Crippen molar-refractivity contribution < 1.29 is 13.2 Å². The van der Waals surface area contributed by atoms with E-state index in [9.17, 15) is 13.2 Å². The Labute approximate surface area is 142 Å². The molecule has 0 saturated heterocycles. The van der Waals surface area contributed by atoms with Gasteiger partial charge in [0.25, 0.3) is 0 Å². The average Bonchev–Trinajstić information content (AvgIpc) is 3.02. The number of hydrogen-bond acceptors (Lipinski definition) is 2. The van der Waals surface area contributed by atoms with E-state index in [1.54, 1.807) is 30.6 Å². The minimum atomic E-state index is -4.36. The number of nitrogens with zero attached hydrogens (tertiary/aromatic N) is 2. The molecule has 1 heterocycles. The molecule has 1 aromatic heterocycles. The monoisotopic (exact) mass is 344 g/mol. The van der Waals surface area contributed by atoms with Crippen molar-refractivity contribution in [2.45, 2.75) is 12.7 Å². The van der Waals surface area contributed by atoms with Gasteiger partial charge in [0.15, 0.2) is 0 Å². The minimum absolute atomic E-state index is 0.0181. The van der Waals surface area contributed by atoms with Crippen molar-refractivity contribution in [3.8, 4) is 11.4 Å². The summed E-state index contributed by atoms with van der Waals surface area (Å²) in [6.07, 6.45) is -1.00. The molecule has 25 heavy (non-hydrogen) atoms. The van der Waals surface area contributed by atoms with Crippen molar-refractivity contribution >= 4 is 5.84 Å². The van der Waals surface area contributed by atoms with Crippen LogP contribution in [0.2, 0.25) is 0 Å². The maximum atomic E-state index is 12.7. The normalized spacial score (nSPS) is 11.5. The lowest BCUT2D eigenvalue weighted by molar-refractivity contribution is -0.137.